The van der Waals surface area contributed by atoms with Crippen molar-refractivity contribution in [3.05, 3.63) is 15.6 Å². The van der Waals surface area contributed by atoms with Crippen LogP contribution in [0.1, 0.15) is 28.4 Å². The summed E-state index contributed by atoms with van der Waals surface area (Å²) in [7, 11) is 0. The van der Waals surface area contributed by atoms with Crippen molar-refractivity contribution in [1.29, 1.82) is 0 Å². The van der Waals surface area contributed by atoms with Gasteiger partial charge in [-0.25, -0.2) is 9.78 Å². The smallest absolute Gasteiger partial charge is 0.317 e. The third-order valence-corrected chi connectivity index (χ3v) is 4.02. The Labute approximate surface area is 111 Å². The van der Waals surface area contributed by atoms with E-state index in [4.69, 9.17) is 0 Å². The van der Waals surface area contributed by atoms with Gasteiger partial charge in [-0.1, -0.05) is 0 Å². The van der Waals surface area contributed by atoms with Crippen molar-refractivity contribution in [2.45, 2.75) is 39.3 Å². The summed E-state index contributed by atoms with van der Waals surface area (Å²) in [5.74, 6) is 0. The van der Waals surface area contributed by atoms with Gasteiger partial charge in [-0.15, -0.1) is 11.3 Å². The number of nitrogens with one attached hydrogen (secondary N) is 1. The second kappa shape index (κ2) is 5.67. The molecule has 2 rings (SSSR count). The lowest BCUT2D eigenvalue weighted by molar-refractivity contribution is 0.0841. The molecule has 1 aromatic rings. The number of carbonyl (C=O) groups is 1. The summed E-state index contributed by atoms with van der Waals surface area (Å²) in [6, 6.07) is -0.112. The Bertz CT molecular complexity index is 433. The van der Waals surface area contributed by atoms with Gasteiger partial charge in [0.05, 0.1) is 23.4 Å². The Morgan fingerprint density at radius 1 is 1.61 bits per heavy atom. The monoisotopic (exact) mass is 269 g/mol. The maximum atomic E-state index is 11.9. The van der Waals surface area contributed by atoms with Crippen LogP contribution in [0.25, 0.3) is 0 Å². The van der Waals surface area contributed by atoms with Gasteiger partial charge in [-0.2, -0.15) is 0 Å². The number of amides is 2. The van der Waals surface area contributed by atoms with Crippen LogP contribution in [0.5, 0.6) is 0 Å². The first-order chi connectivity index (χ1) is 8.56. The Hall–Kier alpha value is -1.14. The molecule has 0 radical (unpaired) electrons. The average Bonchev–Trinajstić information content (AvgIpc) is 2.65. The number of hydrogen-bond acceptors (Lipinski definition) is 4. The minimum atomic E-state index is -0.382. The number of aliphatic hydroxyl groups is 1. The summed E-state index contributed by atoms with van der Waals surface area (Å²) in [6.45, 7) is 5.58. The largest absolute Gasteiger partial charge is 0.391 e. The van der Waals surface area contributed by atoms with Crippen molar-refractivity contribution >= 4 is 17.4 Å². The molecule has 1 aromatic heterocycles. The molecule has 6 heteroatoms. The number of aromatic nitrogens is 1. The van der Waals surface area contributed by atoms with E-state index in [9.17, 15) is 9.90 Å². The van der Waals surface area contributed by atoms with Crippen molar-refractivity contribution in [3.63, 3.8) is 0 Å². The summed E-state index contributed by atoms with van der Waals surface area (Å²) in [6.07, 6.45) is 1.27. The third kappa shape index (κ3) is 3.20. The molecule has 5 nitrogen and oxygen atoms in total. The van der Waals surface area contributed by atoms with E-state index >= 15 is 0 Å². The number of aryl methyl sites for hydroxylation is 2. The van der Waals surface area contributed by atoms with Crippen LogP contribution in [0.2, 0.25) is 0 Å². The number of aliphatic hydroxyl groups excluding tert-OH is 1. The predicted molar refractivity (Wildman–Crippen MR) is 70.6 cm³/mol. The minimum absolute atomic E-state index is 0.112. The van der Waals surface area contributed by atoms with Gasteiger partial charge in [0.1, 0.15) is 0 Å². The molecule has 2 N–H and O–H groups in total. The van der Waals surface area contributed by atoms with Crippen LogP contribution in [-0.4, -0.2) is 40.2 Å². The van der Waals surface area contributed by atoms with Crippen molar-refractivity contribution < 1.29 is 9.90 Å². The molecule has 0 bridgehead atoms. The lowest BCUT2D eigenvalue weighted by atomic mass is 10.1. The molecule has 1 aliphatic heterocycles. The maximum absolute atomic E-state index is 11.9. The number of urea groups is 1. The molecule has 1 atom stereocenters. The zero-order valence-corrected chi connectivity index (χ0v) is 11.6. The molecule has 18 heavy (non-hydrogen) atoms. The number of nitrogens with zero attached hydrogens (tertiary/aromatic N) is 2. The highest BCUT2D eigenvalue weighted by Crippen LogP contribution is 2.16. The first kappa shape index (κ1) is 13.3. The van der Waals surface area contributed by atoms with Gasteiger partial charge in [0.25, 0.3) is 0 Å². The van der Waals surface area contributed by atoms with Crippen LogP contribution >= 0.6 is 11.3 Å². The fourth-order valence-electron chi connectivity index (χ4n) is 2.15. The first-order valence-corrected chi connectivity index (χ1v) is 7.01. The lowest BCUT2D eigenvalue weighted by Gasteiger charge is -2.30. The number of thiazole rings is 1. The molecule has 1 unspecified atom stereocenters. The zero-order chi connectivity index (χ0) is 13.1. The third-order valence-electron chi connectivity index (χ3n) is 3.09. The zero-order valence-electron chi connectivity index (χ0n) is 10.8. The summed E-state index contributed by atoms with van der Waals surface area (Å²) >= 11 is 1.64. The second-order valence-corrected chi connectivity index (χ2v) is 6.04. The second-order valence-electron chi connectivity index (χ2n) is 4.64. The van der Waals surface area contributed by atoms with Crippen LogP contribution < -0.4 is 5.32 Å². The van der Waals surface area contributed by atoms with Crippen molar-refractivity contribution in [1.82, 2.24) is 15.2 Å². The van der Waals surface area contributed by atoms with E-state index in [1.54, 1.807) is 16.2 Å². The average molecular weight is 269 g/mol. The maximum Gasteiger partial charge on any atom is 0.317 e. The molecule has 2 amide bonds. The molecule has 0 aromatic carbocycles. The molecular formula is C12H19N3O2S. The molecule has 1 aliphatic rings. The molecule has 0 aliphatic carbocycles. The first-order valence-electron chi connectivity index (χ1n) is 6.20. The van der Waals surface area contributed by atoms with Gasteiger partial charge in [0, 0.05) is 18.0 Å². The number of rotatable bonds is 2. The van der Waals surface area contributed by atoms with Crippen molar-refractivity contribution in [2.75, 3.05) is 13.1 Å². The number of carbonyl (C=O) groups excluding carboxylic acids is 1. The van der Waals surface area contributed by atoms with Crippen LogP contribution in [0, 0.1) is 13.8 Å². The van der Waals surface area contributed by atoms with Gasteiger partial charge in [0.2, 0.25) is 0 Å². The van der Waals surface area contributed by atoms with Gasteiger partial charge in [-0.05, 0) is 26.7 Å². The number of piperidine rings is 1. The molecular weight excluding hydrogens is 250 g/mol. The Kier molecular flexibility index (Phi) is 4.19. The number of likely N-dealkylation sites (tertiary alicyclic amines) is 1. The van der Waals surface area contributed by atoms with E-state index in [0.29, 0.717) is 13.1 Å². The molecule has 2 heterocycles. The van der Waals surface area contributed by atoms with E-state index in [1.165, 1.54) is 0 Å². The van der Waals surface area contributed by atoms with Gasteiger partial charge >= 0.3 is 6.03 Å². The fourth-order valence-corrected chi connectivity index (χ4v) is 2.98. The summed E-state index contributed by atoms with van der Waals surface area (Å²) < 4.78 is 0. The van der Waals surface area contributed by atoms with E-state index in [-0.39, 0.29) is 12.1 Å². The van der Waals surface area contributed by atoms with Gasteiger partial charge in [0.15, 0.2) is 0 Å². The van der Waals surface area contributed by atoms with Gasteiger partial charge < -0.3 is 15.3 Å². The highest BCUT2D eigenvalue weighted by molar-refractivity contribution is 7.11. The molecule has 0 saturated carbocycles. The molecule has 1 saturated heterocycles. The Morgan fingerprint density at radius 3 is 3.00 bits per heavy atom. The molecule has 100 valence electrons. The minimum Gasteiger partial charge on any atom is -0.391 e. The van der Waals surface area contributed by atoms with E-state index in [2.05, 4.69) is 10.3 Å². The molecule has 0 spiro atoms. The van der Waals surface area contributed by atoms with E-state index < -0.39 is 0 Å². The standard InChI is InChI=1S/C12H19N3O2S/c1-8-11(14-9(2)18-8)6-13-12(17)15-5-3-4-10(16)7-15/h10,16H,3-7H2,1-2H3,(H,13,17). The molecule has 1 fully saturated rings. The lowest BCUT2D eigenvalue weighted by Crippen LogP contribution is -2.46. The van der Waals surface area contributed by atoms with Crippen LogP contribution in [0.15, 0.2) is 0 Å². The predicted octanol–water partition coefficient (Wildman–Crippen LogP) is 1.43. The van der Waals surface area contributed by atoms with Gasteiger partial charge in [-0.3, -0.25) is 0 Å². The normalized spacial score (nSPS) is 19.9. The topological polar surface area (TPSA) is 65.5 Å². The van der Waals surface area contributed by atoms with Crippen molar-refractivity contribution in [3.8, 4) is 0 Å². The summed E-state index contributed by atoms with van der Waals surface area (Å²) in [5.41, 5.74) is 0.934. The van der Waals surface area contributed by atoms with E-state index in [1.807, 2.05) is 13.8 Å². The number of hydrogen-bond donors (Lipinski definition) is 2. The SMILES string of the molecule is Cc1nc(CNC(=O)N2CCCC(O)C2)c(C)s1. The quantitative estimate of drug-likeness (QED) is 0.853. The summed E-state index contributed by atoms with van der Waals surface area (Å²) in [4.78, 5) is 19.1. The van der Waals surface area contributed by atoms with Crippen LogP contribution in [0.3, 0.4) is 0 Å². The number of β-amino-alcohol motifs (C(OH)–C–C–N with tert-alkyl or cyclic N) is 1. The highest BCUT2D eigenvalue weighted by Gasteiger charge is 2.21. The highest BCUT2D eigenvalue weighted by atomic mass is 32.1. The van der Waals surface area contributed by atoms with Crippen LogP contribution in [-0.2, 0) is 6.54 Å². The summed E-state index contributed by atoms with van der Waals surface area (Å²) in [5, 5.41) is 13.4. The van der Waals surface area contributed by atoms with Crippen LogP contribution in [0.4, 0.5) is 4.79 Å². The Balaban J connectivity index is 1.86. The Morgan fingerprint density at radius 2 is 2.39 bits per heavy atom. The van der Waals surface area contributed by atoms with E-state index in [0.717, 1.165) is 35.0 Å². The fraction of sp³-hybridized carbons (Fsp3) is 0.667. The van der Waals surface area contributed by atoms with Crippen molar-refractivity contribution in [2.24, 2.45) is 0 Å².